The van der Waals surface area contributed by atoms with Gasteiger partial charge in [0.05, 0.1) is 0 Å². The second-order valence-electron chi connectivity index (χ2n) is 5.01. The minimum atomic E-state index is -3.94. The Kier molecular flexibility index (Phi) is 6.46. The molecule has 1 rings (SSSR count). The second kappa shape index (κ2) is 7.66. The lowest BCUT2D eigenvalue weighted by molar-refractivity contribution is 0.0779. The third-order valence-corrected chi connectivity index (χ3v) is 4.96. The van der Waals surface area contributed by atoms with Crippen LogP contribution in [0.5, 0.6) is 0 Å². The SMILES string of the molecule is COCCCN(C)C(=O)c1ccc(F)c(S(=O)(=O)N(C)C)c1. The Bertz CT molecular complexity index is 632. The van der Waals surface area contributed by atoms with Gasteiger partial charge in [-0.3, -0.25) is 4.79 Å². The van der Waals surface area contributed by atoms with Crippen LogP contribution in [0.3, 0.4) is 0 Å². The summed E-state index contributed by atoms with van der Waals surface area (Å²) in [6, 6.07) is 3.34. The van der Waals surface area contributed by atoms with Crippen LogP contribution >= 0.6 is 0 Å². The molecule has 0 bridgehead atoms. The molecule has 0 aromatic heterocycles. The van der Waals surface area contributed by atoms with Crippen molar-refractivity contribution >= 4 is 15.9 Å². The Morgan fingerprint density at radius 1 is 1.27 bits per heavy atom. The number of ether oxygens (including phenoxy) is 1. The Hall–Kier alpha value is -1.51. The van der Waals surface area contributed by atoms with Crippen LogP contribution in [0, 0.1) is 5.82 Å². The maximum Gasteiger partial charge on any atom is 0.253 e. The van der Waals surface area contributed by atoms with Crippen LogP contribution in [0.15, 0.2) is 23.1 Å². The molecule has 0 atom stereocenters. The van der Waals surface area contributed by atoms with E-state index in [0.717, 1.165) is 16.4 Å². The zero-order valence-electron chi connectivity index (χ0n) is 13.2. The fourth-order valence-electron chi connectivity index (χ4n) is 1.80. The summed E-state index contributed by atoms with van der Waals surface area (Å²) >= 11 is 0. The van der Waals surface area contributed by atoms with Gasteiger partial charge in [0.2, 0.25) is 10.0 Å². The van der Waals surface area contributed by atoms with Crippen molar-refractivity contribution < 1.29 is 22.3 Å². The van der Waals surface area contributed by atoms with E-state index in [1.807, 2.05) is 0 Å². The molecular formula is C14H21FN2O4S. The quantitative estimate of drug-likeness (QED) is 0.703. The predicted octanol–water partition coefficient (Wildman–Crippen LogP) is 1.18. The fourth-order valence-corrected chi connectivity index (χ4v) is 2.78. The molecule has 1 aromatic carbocycles. The molecule has 0 unspecified atom stereocenters. The number of hydrogen-bond acceptors (Lipinski definition) is 4. The minimum Gasteiger partial charge on any atom is -0.385 e. The number of benzene rings is 1. The Labute approximate surface area is 130 Å². The molecule has 0 N–H and O–H groups in total. The van der Waals surface area contributed by atoms with Crippen molar-refractivity contribution in [1.29, 1.82) is 0 Å². The first-order valence-corrected chi connectivity index (χ1v) is 8.12. The van der Waals surface area contributed by atoms with E-state index in [4.69, 9.17) is 4.74 Å². The van der Waals surface area contributed by atoms with Crippen molar-refractivity contribution in [2.24, 2.45) is 0 Å². The Morgan fingerprint density at radius 3 is 2.45 bits per heavy atom. The third-order valence-electron chi connectivity index (χ3n) is 3.13. The van der Waals surface area contributed by atoms with E-state index >= 15 is 0 Å². The number of carbonyl (C=O) groups is 1. The summed E-state index contributed by atoms with van der Waals surface area (Å²) in [7, 11) is 1.84. The van der Waals surface area contributed by atoms with Gasteiger partial charge in [0.1, 0.15) is 10.7 Å². The molecule has 1 aromatic rings. The van der Waals surface area contributed by atoms with E-state index in [1.165, 1.54) is 25.1 Å². The highest BCUT2D eigenvalue weighted by Crippen LogP contribution is 2.20. The van der Waals surface area contributed by atoms with E-state index < -0.39 is 20.7 Å². The van der Waals surface area contributed by atoms with Crippen molar-refractivity contribution in [2.45, 2.75) is 11.3 Å². The van der Waals surface area contributed by atoms with Gasteiger partial charge < -0.3 is 9.64 Å². The molecule has 0 fully saturated rings. The molecule has 124 valence electrons. The fraction of sp³-hybridized carbons (Fsp3) is 0.500. The Balaban J connectivity index is 3.05. The van der Waals surface area contributed by atoms with E-state index in [-0.39, 0.29) is 11.5 Å². The number of sulfonamides is 1. The summed E-state index contributed by atoms with van der Waals surface area (Å²) in [5.41, 5.74) is 0.127. The molecule has 0 spiro atoms. The monoisotopic (exact) mass is 332 g/mol. The highest BCUT2D eigenvalue weighted by Gasteiger charge is 2.24. The largest absolute Gasteiger partial charge is 0.385 e. The van der Waals surface area contributed by atoms with Crippen LogP contribution in [-0.4, -0.2) is 64.9 Å². The normalized spacial score (nSPS) is 11.7. The average Bonchev–Trinajstić information content (AvgIpc) is 2.46. The number of halogens is 1. The predicted molar refractivity (Wildman–Crippen MR) is 80.7 cm³/mol. The molecule has 0 aliphatic rings. The maximum atomic E-state index is 13.8. The van der Waals surface area contributed by atoms with E-state index in [1.54, 1.807) is 14.2 Å². The van der Waals surface area contributed by atoms with Crippen molar-refractivity contribution in [3.63, 3.8) is 0 Å². The number of methoxy groups -OCH3 is 1. The van der Waals surface area contributed by atoms with Gasteiger partial charge in [0.15, 0.2) is 0 Å². The number of amides is 1. The lowest BCUT2D eigenvalue weighted by Gasteiger charge is -2.18. The second-order valence-corrected chi connectivity index (χ2v) is 7.13. The van der Waals surface area contributed by atoms with Gasteiger partial charge in [-0.2, -0.15) is 0 Å². The van der Waals surface area contributed by atoms with Crippen LogP contribution in [-0.2, 0) is 14.8 Å². The molecule has 0 aliphatic carbocycles. The molecule has 6 nitrogen and oxygen atoms in total. The van der Waals surface area contributed by atoms with Crippen LogP contribution in [0.4, 0.5) is 4.39 Å². The van der Waals surface area contributed by atoms with Gasteiger partial charge in [-0.05, 0) is 24.6 Å². The molecule has 8 heteroatoms. The maximum absolute atomic E-state index is 13.8. The number of hydrogen-bond donors (Lipinski definition) is 0. The van der Waals surface area contributed by atoms with Crippen LogP contribution in [0.25, 0.3) is 0 Å². The number of nitrogens with zero attached hydrogens (tertiary/aromatic N) is 2. The molecule has 0 saturated heterocycles. The summed E-state index contributed by atoms with van der Waals surface area (Å²) in [4.78, 5) is 13.2. The molecule has 0 heterocycles. The smallest absolute Gasteiger partial charge is 0.253 e. The molecule has 22 heavy (non-hydrogen) atoms. The molecular weight excluding hydrogens is 311 g/mol. The number of carbonyl (C=O) groups excluding carboxylic acids is 1. The van der Waals surface area contributed by atoms with E-state index in [9.17, 15) is 17.6 Å². The van der Waals surface area contributed by atoms with E-state index in [2.05, 4.69) is 0 Å². The zero-order chi connectivity index (χ0) is 16.9. The minimum absolute atomic E-state index is 0.127. The summed E-state index contributed by atoms with van der Waals surface area (Å²) in [5, 5.41) is 0. The first-order chi connectivity index (χ1) is 10.2. The van der Waals surface area contributed by atoms with Gasteiger partial charge >= 0.3 is 0 Å². The Morgan fingerprint density at radius 2 is 1.91 bits per heavy atom. The van der Waals surface area contributed by atoms with Crippen molar-refractivity contribution in [3.05, 3.63) is 29.6 Å². The zero-order valence-corrected chi connectivity index (χ0v) is 14.0. The molecule has 0 radical (unpaired) electrons. The molecule has 1 amide bonds. The van der Waals surface area contributed by atoms with Gasteiger partial charge in [-0.1, -0.05) is 0 Å². The lowest BCUT2D eigenvalue weighted by Crippen LogP contribution is -2.29. The summed E-state index contributed by atoms with van der Waals surface area (Å²) in [5.74, 6) is -1.25. The highest BCUT2D eigenvalue weighted by atomic mass is 32.2. The van der Waals surface area contributed by atoms with Gasteiger partial charge in [-0.25, -0.2) is 17.1 Å². The van der Waals surface area contributed by atoms with Gasteiger partial charge in [0, 0.05) is 47.0 Å². The van der Waals surface area contributed by atoms with Crippen molar-refractivity contribution in [3.8, 4) is 0 Å². The topological polar surface area (TPSA) is 66.9 Å². The summed E-state index contributed by atoms with van der Waals surface area (Å²) < 4.78 is 43.7. The van der Waals surface area contributed by atoms with Crippen LogP contribution in [0.1, 0.15) is 16.8 Å². The lowest BCUT2D eigenvalue weighted by atomic mass is 10.2. The first-order valence-electron chi connectivity index (χ1n) is 6.68. The van der Waals surface area contributed by atoms with Gasteiger partial charge in [-0.15, -0.1) is 0 Å². The third kappa shape index (κ3) is 4.25. The molecule has 0 aliphatic heterocycles. The molecule has 0 saturated carbocycles. The summed E-state index contributed by atoms with van der Waals surface area (Å²) in [6.07, 6.45) is 0.656. The van der Waals surface area contributed by atoms with E-state index in [0.29, 0.717) is 19.6 Å². The van der Waals surface area contributed by atoms with Gasteiger partial charge in [0.25, 0.3) is 5.91 Å². The summed E-state index contributed by atoms with van der Waals surface area (Å²) in [6.45, 7) is 0.973. The number of rotatable bonds is 7. The van der Waals surface area contributed by atoms with Crippen molar-refractivity contribution in [1.82, 2.24) is 9.21 Å². The highest BCUT2D eigenvalue weighted by molar-refractivity contribution is 7.89. The standard InChI is InChI=1S/C14H21FN2O4S/c1-16(2)22(19,20)13-10-11(6-7-12(13)15)14(18)17(3)8-5-9-21-4/h6-7,10H,5,8-9H2,1-4H3. The first kappa shape index (κ1) is 18.5. The van der Waals surface area contributed by atoms with Crippen molar-refractivity contribution in [2.75, 3.05) is 41.4 Å². The average molecular weight is 332 g/mol. The van der Waals surface area contributed by atoms with Crippen LogP contribution < -0.4 is 0 Å². The van der Waals surface area contributed by atoms with Crippen LogP contribution in [0.2, 0.25) is 0 Å².